The van der Waals surface area contributed by atoms with Crippen LogP contribution in [0, 0.1) is 20.8 Å². The van der Waals surface area contributed by atoms with Crippen LogP contribution in [-0.2, 0) is 6.54 Å². The Morgan fingerprint density at radius 3 is 2.73 bits per heavy atom. The molecule has 2 aromatic heterocycles. The molecule has 0 spiro atoms. The molecule has 1 saturated heterocycles. The van der Waals surface area contributed by atoms with Crippen molar-refractivity contribution in [3.8, 4) is 0 Å². The number of aromatic nitrogens is 3. The topological polar surface area (TPSA) is 64.2 Å². The predicted molar refractivity (Wildman–Crippen MR) is 81.6 cm³/mol. The predicted octanol–water partition coefficient (Wildman–Crippen LogP) is 2.49. The van der Waals surface area contributed by atoms with E-state index < -0.39 is 0 Å². The highest BCUT2D eigenvalue weighted by atomic mass is 16.5. The van der Waals surface area contributed by atoms with Crippen molar-refractivity contribution in [1.29, 1.82) is 0 Å². The summed E-state index contributed by atoms with van der Waals surface area (Å²) < 4.78 is 7.14. The molecule has 2 aromatic rings. The molecule has 6 nitrogen and oxygen atoms in total. The van der Waals surface area contributed by atoms with E-state index in [1.807, 2.05) is 23.4 Å². The molecule has 1 fully saturated rings. The van der Waals surface area contributed by atoms with E-state index in [0.29, 0.717) is 5.76 Å². The second-order valence-corrected chi connectivity index (χ2v) is 6.09. The maximum atomic E-state index is 12.7. The molecule has 1 aliphatic heterocycles. The first kappa shape index (κ1) is 14.8. The molecule has 0 bridgehead atoms. The van der Waals surface area contributed by atoms with E-state index in [1.165, 1.54) is 0 Å². The molecule has 0 aromatic carbocycles. The number of hydrogen-bond acceptors (Lipinski definition) is 4. The van der Waals surface area contributed by atoms with Gasteiger partial charge >= 0.3 is 0 Å². The molecular formula is C16H22N4O2. The summed E-state index contributed by atoms with van der Waals surface area (Å²) >= 11 is 0. The number of carbonyl (C=O) groups is 1. The van der Waals surface area contributed by atoms with Crippen LogP contribution >= 0.6 is 0 Å². The molecule has 3 rings (SSSR count). The summed E-state index contributed by atoms with van der Waals surface area (Å²) in [4.78, 5) is 14.6. The van der Waals surface area contributed by atoms with Crippen LogP contribution in [0.2, 0.25) is 0 Å². The van der Waals surface area contributed by atoms with Gasteiger partial charge in [0.05, 0.1) is 24.0 Å². The van der Waals surface area contributed by atoms with Gasteiger partial charge in [-0.05, 0) is 46.1 Å². The molecule has 0 saturated carbocycles. The normalized spacial score (nSPS) is 18.7. The van der Waals surface area contributed by atoms with Gasteiger partial charge in [0, 0.05) is 18.3 Å². The number of carbonyl (C=O) groups excluding carboxylic acids is 1. The van der Waals surface area contributed by atoms with Crippen LogP contribution in [0.4, 0.5) is 0 Å². The molecule has 1 aliphatic rings. The number of nitrogens with zero attached hydrogens (tertiary/aromatic N) is 4. The highest BCUT2D eigenvalue weighted by Gasteiger charge is 2.30. The molecule has 0 aliphatic carbocycles. The van der Waals surface area contributed by atoms with Gasteiger partial charge in [-0.15, -0.1) is 0 Å². The molecule has 118 valence electrons. The lowest BCUT2D eigenvalue weighted by Gasteiger charge is -2.35. The summed E-state index contributed by atoms with van der Waals surface area (Å²) in [5.74, 6) is 0.268. The summed E-state index contributed by atoms with van der Waals surface area (Å²) in [6.07, 6.45) is 3.17. The SMILES string of the molecule is Cc1cc(C(=O)N2CCCC[C@H]2Cn2nc(C)cc2C)on1. The highest BCUT2D eigenvalue weighted by Crippen LogP contribution is 2.22. The minimum Gasteiger partial charge on any atom is -0.351 e. The van der Waals surface area contributed by atoms with Gasteiger partial charge in [-0.1, -0.05) is 5.16 Å². The van der Waals surface area contributed by atoms with Crippen LogP contribution < -0.4 is 0 Å². The Kier molecular flexibility index (Phi) is 4.00. The summed E-state index contributed by atoms with van der Waals surface area (Å²) in [7, 11) is 0. The summed E-state index contributed by atoms with van der Waals surface area (Å²) in [5, 5.41) is 8.34. The molecule has 6 heteroatoms. The van der Waals surface area contributed by atoms with Crippen molar-refractivity contribution in [2.45, 2.75) is 52.6 Å². The van der Waals surface area contributed by atoms with Crippen molar-refractivity contribution < 1.29 is 9.32 Å². The van der Waals surface area contributed by atoms with Crippen LogP contribution in [0.5, 0.6) is 0 Å². The molecular weight excluding hydrogens is 280 g/mol. The Morgan fingerprint density at radius 1 is 1.27 bits per heavy atom. The Morgan fingerprint density at radius 2 is 2.09 bits per heavy atom. The van der Waals surface area contributed by atoms with Crippen molar-refractivity contribution in [2.24, 2.45) is 0 Å². The second kappa shape index (κ2) is 5.94. The van der Waals surface area contributed by atoms with Crippen molar-refractivity contribution >= 4 is 5.91 Å². The lowest BCUT2D eigenvalue weighted by atomic mass is 10.0. The maximum Gasteiger partial charge on any atom is 0.292 e. The Hall–Kier alpha value is -2.11. The quantitative estimate of drug-likeness (QED) is 0.874. The van der Waals surface area contributed by atoms with Crippen molar-refractivity contribution in [2.75, 3.05) is 6.54 Å². The van der Waals surface area contributed by atoms with Crippen molar-refractivity contribution in [1.82, 2.24) is 19.8 Å². The van der Waals surface area contributed by atoms with Crippen molar-refractivity contribution in [3.63, 3.8) is 0 Å². The maximum absolute atomic E-state index is 12.7. The molecule has 22 heavy (non-hydrogen) atoms. The van der Waals surface area contributed by atoms with Crippen molar-refractivity contribution in [3.05, 3.63) is 35.0 Å². The molecule has 1 atom stereocenters. The van der Waals surface area contributed by atoms with Gasteiger partial charge in [-0.25, -0.2) is 0 Å². The number of rotatable bonds is 3. The zero-order chi connectivity index (χ0) is 15.7. The zero-order valence-corrected chi connectivity index (χ0v) is 13.4. The van der Waals surface area contributed by atoms with E-state index in [2.05, 4.69) is 23.2 Å². The number of hydrogen-bond donors (Lipinski definition) is 0. The van der Waals surface area contributed by atoms with E-state index in [0.717, 1.165) is 49.4 Å². The third kappa shape index (κ3) is 2.91. The second-order valence-electron chi connectivity index (χ2n) is 6.09. The Balaban J connectivity index is 1.79. The fourth-order valence-corrected chi connectivity index (χ4v) is 3.12. The standard InChI is InChI=1S/C16H22N4O2/c1-11-8-13(3)20(17-11)10-14-6-4-5-7-19(14)16(21)15-9-12(2)18-22-15/h8-9,14H,4-7,10H2,1-3H3/t14-/m0/s1. The average Bonchev–Trinajstić information content (AvgIpc) is 3.05. The summed E-state index contributed by atoms with van der Waals surface area (Å²) in [5.41, 5.74) is 2.87. The first-order chi connectivity index (χ1) is 10.5. The number of aryl methyl sites for hydroxylation is 3. The monoisotopic (exact) mass is 302 g/mol. The van der Waals surface area contributed by atoms with Gasteiger partial charge in [0.1, 0.15) is 0 Å². The zero-order valence-electron chi connectivity index (χ0n) is 13.4. The molecule has 0 unspecified atom stereocenters. The highest BCUT2D eigenvalue weighted by molar-refractivity contribution is 5.91. The summed E-state index contributed by atoms with van der Waals surface area (Å²) in [6.45, 7) is 7.37. The largest absolute Gasteiger partial charge is 0.351 e. The first-order valence-corrected chi connectivity index (χ1v) is 7.80. The minimum absolute atomic E-state index is 0.0631. The van der Waals surface area contributed by atoms with E-state index in [4.69, 9.17) is 4.52 Å². The Labute approximate surface area is 130 Å². The van der Waals surface area contributed by atoms with Crippen LogP contribution in [0.3, 0.4) is 0 Å². The molecule has 0 radical (unpaired) electrons. The molecule has 0 N–H and O–H groups in total. The third-order valence-corrected chi connectivity index (χ3v) is 4.21. The van der Waals surface area contributed by atoms with Gasteiger partial charge in [0.25, 0.3) is 5.91 Å². The van der Waals surface area contributed by atoms with Gasteiger partial charge < -0.3 is 9.42 Å². The average molecular weight is 302 g/mol. The van der Waals surface area contributed by atoms with Crippen LogP contribution in [0.25, 0.3) is 0 Å². The fraction of sp³-hybridized carbons (Fsp3) is 0.562. The summed E-state index contributed by atoms with van der Waals surface area (Å²) in [6, 6.07) is 3.93. The lowest BCUT2D eigenvalue weighted by Crippen LogP contribution is -2.46. The van der Waals surface area contributed by atoms with Crippen LogP contribution in [-0.4, -0.2) is 38.3 Å². The van der Waals surface area contributed by atoms with Gasteiger partial charge in [0.15, 0.2) is 0 Å². The van der Waals surface area contributed by atoms with Gasteiger partial charge in [-0.2, -0.15) is 5.10 Å². The van der Waals surface area contributed by atoms with Crippen LogP contribution in [0.15, 0.2) is 16.7 Å². The van der Waals surface area contributed by atoms with Crippen LogP contribution in [0.1, 0.15) is 46.9 Å². The Bertz CT molecular complexity index is 673. The number of amides is 1. The number of piperidine rings is 1. The van der Waals surface area contributed by atoms with E-state index in [9.17, 15) is 4.79 Å². The molecule has 3 heterocycles. The molecule has 1 amide bonds. The van der Waals surface area contributed by atoms with E-state index in [1.54, 1.807) is 6.07 Å². The smallest absolute Gasteiger partial charge is 0.292 e. The van der Waals surface area contributed by atoms with E-state index in [-0.39, 0.29) is 11.9 Å². The third-order valence-electron chi connectivity index (χ3n) is 4.21. The van der Waals surface area contributed by atoms with E-state index >= 15 is 0 Å². The minimum atomic E-state index is -0.0631. The fourth-order valence-electron chi connectivity index (χ4n) is 3.12. The van der Waals surface area contributed by atoms with Gasteiger partial charge in [0.2, 0.25) is 5.76 Å². The first-order valence-electron chi connectivity index (χ1n) is 7.80. The number of likely N-dealkylation sites (tertiary alicyclic amines) is 1. The van der Waals surface area contributed by atoms with Gasteiger partial charge in [-0.3, -0.25) is 9.48 Å². The lowest BCUT2D eigenvalue weighted by molar-refractivity contribution is 0.0541.